The van der Waals surface area contributed by atoms with E-state index in [2.05, 4.69) is 4.74 Å². The van der Waals surface area contributed by atoms with Gasteiger partial charge in [0.15, 0.2) is 5.43 Å². The van der Waals surface area contributed by atoms with E-state index >= 15 is 0 Å². The molecule has 0 saturated carbocycles. The Hall–Kier alpha value is -1.98. The third-order valence-corrected chi connectivity index (χ3v) is 2.29. The Morgan fingerprint density at radius 3 is 2.61 bits per heavy atom. The van der Waals surface area contributed by atoms with Crippen molar-refractivity contribution >= 4 is 11.0 Å². The van der Waals surface area contributed by atoms with Crippen LogP contribution in [0.15, 0.2) is 33.5 Å². The number of hydrogen-bond donors (Lipinski definition) is 0. The number of aryl methyl sites for hydroxylation is 1. The zero-order valence-corrected chi connectivity index (χ0v) is 9.32. The van der Waals surface area contributed by atoms with Crippen molar-refractivity contribution < 1.29 is 22.3 Å². The van der Waals surface area contributed by atoms with E-state index in [1.807, 2.05) is 0 Å². The van der Waals surface area contributed by atoms with E-state index < -0.39 is 24.2 Å². The molecule has 96 valence electrons. The fraction of sp³-hybridized carbons (Fsp3) is 0.250. The molecule has 0 radical (unpaired) electrons. The Labute approximate surface area is 99.8 Å². The van der Waals surface area contributed by atoms with Gasteiger partial charge in [0.05, 0.1) is 11.5 Å². The van der Waals surface area contributed by atoms with Gasteiger partial charge in [-0.25, -0.2) is 8.78 Å². The van der Waals surface area contributed by atoms with Gasteiger partial charge >= 0.3 is 12.8 Å². The summed E-state index contributed by atoms with van der Waals surface area (Å²) in [7, 11) is 0. The number of halogens is 3. The van der Waals surface area contributed by atoms with Gasteiger partial charge in [-0.15, -0.1) is 0 Å². The van der Waals surface area contributed by atoms with Gasteiger partial charge in [0, 0.05) is 0 Å². The first kappa shape index (κ1) is 12.5. The van der Waals surface area contributed by atoms with E-state index in [1.54, 1.807) is 19.1 Å². The maximum absolute atomic E-state index is 12.7. The Kier molecular flexibility index (Phi) is 3.27. The summed E-state index contributed by atoms with van der Waals surface area (Å²) < 4.78 is 45.8. The highest BCUT2D eigenvalue weighted by atomic mass is 19.3. The summed E-state index contributed by atoms with van der Waals surface area (Å²) >= 11 is 0. The van der Waals surface area contributed by atoms with Gasteiger partial charge in [-0.3, -0.25) is 4.79 Å². The van der Waals surface area contributed by atoms with Crippen molar-refractivity contribution in [3.8, 4) is 5.95 Å². The van der Waals surface area contributed by atoms with Crippen molar-refractivity contribution in [2.75, 3.05) is 0 Å². The van der Waals surface area contributed by atoms with Crippen LogP contribution in [0.1, 0.15) is 5.56 Å². The SMILES string of the molecule is Cc1ccc2oc(OC(F)C(F)F)cc(=O)c2c1. The molecule has 0 spiro atoms. The van der Waals surface area contributed by atoms with E-state index in [9.17, 15) is 18.0 Å². The molecule has 0 saturated heterocycles. The molecule has 1 aromatic carbocycles. The minimum atomic E-state index is -3.30. The largest absolute Gasteiger partial charge is 0.425 e. The lowest BCUT2D eigenvalue weighted by atomic mass is 10.1. The molecular weight excluding hydrogens is 249 g/mol. The minimum absolute atomic E-state index is 0.157. The lowest BCUT2D eigenvalue weighted by Crippen LogP contribution is -2.20. The standard InChI is InChI=1S/C12H9F3O3/c1-6-2-3-9-7(4-6)8(16)5-10(17-9)18-12(15)11(13)14/h2-5,11-12H,1H3. The molecule has 1 atom stereocenters. The number of alkyl halides is 3. The Bertz CT molecular complexity index is 621. The van der Waals surface area contributed by atoms with E-state index in [0.29, 0.717) is 0 Å². The van der Waals surface area contributed by atoms with Gasteiger partial charge in [-0.2, -0.15) is 4.39 Å². The topological polar surface area (TPSA) is 39.4 Å². The van der Waals surface area contributed by atoms with Crippen molar-refractivity contribution in [3.05, 3.63) is 40.1 Å². The van der Waals surface area contributed by atoms with Crippen molar-refractivity contribution in [3.63, 3.8) is 0 Å². The van der Waals surface area contributed by atoms with Crippen LogP contribution in [0.4, 0.5) is 13.2 Å². The highest BCUT2D eigenvalue weighted by Crippen LogP contribution is 2.20. The molecule has 0 aliphatic carbocycles. The predicted octanol–water partition coefficient (Wildman–Crippen LogP) is 3.04. The van der Waals surface area contributed by atoms with Gasteiger partial charge in [-0.1, -0.05) is 11.6 Å². The second-order valence-corrected chi connectivity index (χ2v) is 3.73. The lowest BCUT2D eigenvalue weighted by molar-refractivity contribution is -0.0767. The summed E-state index contributed by atoms with van der Waals surface area (Å²) in [5.41, 5.74) is 0.528. The maximum atomic E-state index is 12.7. The normalized spacial score (nSPS) is 12.9. The third-order valence-electron chi connectivity index (χ3n) is 2.29. The first-order valence-electron chi connectivity index (χ1n) is 5.11. The number of benzene rings is 1. The molecule has 0 aliphatic rings. The van der Waals surface area contributed by atoms with Gasteiger partial charge in [0.1, 0.15) is 5.58 Å². The molecule has 18 heavy (non-hydrogen) atoms. The molecule has 0 fully saturated rings. The summed E-state index contributed by atoms with van der Waals surface area (Å²) in [5, 5.41) is 0.287. The highest BCUT2D eigenvalue weighted by molar-refractivity contribution is 5.77. The monoisotopic (exact) mass is 258 g/mol. The molecule has 2 rings (SSSR count). The van der Waals surface area contributed by atoms with Crippen molar-refractivity contribution in [1.29, 1.82) is 0 Å². The van der Waals surface area contributed by atoms with Gasteiger partial charge in [0.2, 0.25) is 0 Å². The summed E-state index contributed by atoms with van der Waals surface area (Å²) in [6.07, 6.45) is -6.12. The highest BCUT2D eigenvalue weighted by Gasteiger charge is 2.22. The first-order chi connectivity index (χ1) is 8.47. The average molecular weight is 258 g/mol. The smallest absolute Gasteiger partial charge is 0.304 e. The molecule has 6 heteroatoms. The van der Waals surface area contributed by atoms with Crippen LogP contribution in [0, 0.1) is 6.92 Å². The van der Waals surface area contributed by atoms with Crippen LogP contribution in [0.2, 0.25) is 0 Å². The van der Waals surface area contributed by atoms with E-state index in [1.165, 1.54) is 6.07 Å². The van der Waals surface area contributed by atoms with Crippen molar-refractivity contribution in [1.82, 2.24) is 0 Å². The first-order valence-corrected chi connectivity index (χ1v) is 5.11. The number of ether oxygens (including phenoxy) is 1. The molecule has 1 unspecified atom stereocenters. The zero-order chi connectivity index (χ0) is 13.3. The van der Waals surface area contributed by atoms with Crippen LogP contribution in [-0.2, 0) is 0 Å². The van der Waals surface area contributed by atoms with Gasteiger partial charge in [0.25, 0.3) is 5.95 Å². The van der Waals surface area contributed by atoms with Gasteiger partial charge < -0.3 is 9.15 Å². The predicted molar refractivity (Wildman–Crippen MR) is 58.7 cm³/mol. The second-order valence-electron chi connectivity index (χ2n) is 3.73. The maximum Gasteiger partial charge on any atom is 0.304 e. The van der Waals surface area contributed by atoms with Gasteiger partial charge in [-0.05, 0) is 19.1 Å². The van der Waals surface area contributed by atoms with E-state index in [4.69, 9.17) is 4.42 Å². The summed E-state index contributed by atoms with van der Waals surface area (Å²) in [4.78, 5) is 11.7. The Morgan fingerprint density at radius 2 is 1.94 bits per heavy atom. The Balaban J connectivity index is 2.43. The van der Waals surface area contributed by atoms with Crippen molar-refractivity contribution in [2.24, 2.45) is 0 Å². The quantitative estimate of drug-likeness (QED) is 0.849. The zero-order valence-electron chi connectivity index (χ0n) is 9.32. The molecule has 1 aromatic heterocycles. The molecule has 1 heterocycles. The lowest BCUT2D eigenvalue weighted by Gasteiger charge is -2.09. The van der Waals surface area contributed by atoms with Crippen LogP contribution in [0.3, 0.4) is 0 Å². The van der Waals surface area contributed by atoms with Crippen LogP contribution >= 0.6 is 0 Å². The van der Waals surface area contributed by atoms with Crippen LogP contribution < -0.4 is 10.2 Å². The number of hydrogen-bond acceptors (Lipinski definition) is 3. The summed E-state index contributed by atoms with van der Waals surface area (Å²) in [6.45, 7) is 1.79. The molecule has 0 N–H and O–H groups in total. The molecule has 0 aliphatic heterocycles. The van der Waals surface area contributed by atoms with E-state index in [0.717, 1.165) is 11.6 Å². The van der Waals surface area contributed by atoms with Crippen LogP contribution in [0.25, 0.3) is 11.0 Å². The number of rotatable bonds is 3. The van der Waals surface area contributed by atoms with Crippen LogP contribution in [-0.4, -0.2) is 12.8 Å². The summed E-state index contributed by atoms with van der Waals surface area (Å²) in [6, 6.07) is 5.60. The fourth-order valence-electron chi connectivity index (χ4n) is 1.47. The van der Waals surface area contributed by atoms with Crippen molar-refractivity contribution in [2.45, 2.75) is 19.7 Å². The molecule has 0 amide bonds. The molecular formula is C12H9F3O3. The molecule has 0 bridgehead atoms. The minimum Gasteiger partial charge on any atom is -0.425 e. The Morgan fingerprint density at radius 1 is 1.22 bits per heavy atom. The van der Waals surface area contributed by atoms with Crippen LogP contribution in [0.5, 0.6) is 5.95 Å². The fourth-order valence-corrected chi connectivity index (χ4v) is 1.47. The number of fused-ring (bicyclic) bond motifs is 1. The molecule has 2 aromatic rings. The molecule has 3 nitrogen and oxygen atoms in total. The second kappa shape index (κ2) is 4.72. The average Bonchev–Trinajstić information content (AvgIpc) is 2.30. The third kappa shape index (κ3) is 2.47. The summed E-state index contributed by atoms with van der Waals surface area (Å²) in [5.74, 6) is -0.566. The van der Waals surface area contributed by atoms with E-state index in [-0.39, 0.29) is 11.0 Å².